The maximum Gasteiger partial charge on any atom is 0.497 e. The Balaban J connectivity index is 1.51. The van der Waals surface area contributed by atoms with Gasteiger partial charge in [-0.2, -0.15) is 31.4 Å². The molecule has 3 fully saturated rings. The molecule has 3 aliphatic rings. The van der Waals surface area contributed by atoms with E-state index in [1.165, 1.54) is 18.2 Å². The van der Waals surface area contributed by atoms with Gasteiger partial charge in [0.1, 0.15) is 5.82 Å². The van der Waals surface area contributed by atoms with Crippen molar-refractivity contribution in [3.05, 3.63) is 35.7 Å². The largest absolute Gasteiger partial charge is 0.497 e. The number of halogens is 6. The molecule has 1 aromatic heterocycles. The predicted molar refractivity (Wildman–Crippen MR) is 103 cm³/mol. The first-order chi connectivity index (χ1) is 14.8. The third-order valence-electron chi connectivity index (χ3n) is 7.12. The summed E-state index contributed by atoms with van der Waals surface area (Å²) in [7, 11) is -5.16. The van der Waals surface area contributed by atoms with Gasteiger partial charge in [-0.25, -0.2) is 13.4 Å². The lowest BCUT2D eigenvalue weighted by atomic mass is 9.53. The monoisotopic (exact) mass is 481 g/mol. The fourth-order valence-corrected chi connectivity index (χ4v) is 5.94. The summed E-state index contributed by atoms with van der Waals surface area (Å²) in [4.78, 5) is 4.37. The summed E-state index contributed by atoms with van der Waals surface area (Å²) < 4.78 is 101. The van der Waals surface area contributed by atoms with Crippen molar-refractivity contribution in [1.82, 2.24) is 15.2 Å². The Hall–Kier alpha value is -2.11. The number of nitrogens with one attached hydrogen (secondary N) is 1. The van der Waals surface area contributed by atoms with Gasteiger partial charge in [0.25, 0.3) is 0 Å². The first-order valence-electron chi connectivity index (χ1n) is 10.2. The minimum Gasteiger partial charge on any atom is -0.262 e. The van der Waals surface area contributed by atoms with Gasteiger partial charge in [-0.05, 0) is 56.4 Å². The Labute approximate surface area is 180 Å². The number of H-pyrrole nitrogens is 1. The van der Waals surface area contributed by atoms with Crippen molar-refractivity contribution in [2.24, 2.45) is 5.41 Å². The summed E-state index contributed by atoms with van der Waals surface area (Å²) in [6.07, 6.45) is -1.30. The number of hydrogen-bond acceptors (Lipinski definition) is 4. The molecule has 12 heteroatoms. The molecule has 0 amide bonds. The van der Waals surface area contributed by atoms with Crippen LogP contribution in [0.25, 0.3) is 11.4 Å². The number of alkyl halides is 6. The summed E-state index contributed by atoms with van der Waals surface area (Å²) in [6, 6.07) is 5.04. The second-order valence-corrected chi connectivity index (χ2v) is 10.9. The molecular weight excluding hydrogens is 460 g/mol. The zero-order chi connectivity index (χ0) is 23.4. The van der Waals surface area contributed by atoms with Crippen LogP contribution in [0.3, 0.4) is 0 Å². The minimum absolute atomic E-state index is 0.0501. The Morgan fingerprint density at radius 2 is 1.53 bits per heavy atom. The first kappa shape index (κ1) is 23.1. The number of benzene rings is 1. The van der Waals surface area contributed by atoms with Crippen molar-refractivity contribution in [1.29, 1.82) is 0 Å². The van der Waals surface area contributed by atoms with E-state index in [0.717, 1.165) is 6.07 Å². The Morgan fingerprint density at radius 3 is 2.09 bits per heavy atom. The molecule has 1 heterocycles. The average Bonchev–Trinajstić information content (AvgIpc) is 3.23. The zero-order valence-electron chi connectivity index (χ0n) is 16.9. The van der Waals surface area contributed by atoms with Crippen LogP contribution in [0.2, 0.25) is 0 Å². The van der Waals surface area contributed by atoms with Crippen LogP contribution in [0.1, 0.15) is 56.3 Å². The fourth-order valence-electron chi connectivity index (χ4n) is 5.00. The third kappa shape index (κ3) is 4.01. The number of hydrogen-bond donors (Lipinski definition) is 1. The molecule has 0 spiro atoms. The Kier molecular flexibility index (Phi) is 5.38. The quantitative estimate of drug-likeness (QED) is 0.580. The highest BCUT2D eigenvalue weighted by atomic mass is 32.2. The van der Waals surface area contributed by atoms with Gasteiger partial charge in [0.2, 0.25) is 9.84 Å². The first-order valence-corrected chi connectivity index (χ1v) is 11.8. The molecular formula is C20H21F6N3O2S. The number of rotatable bonds is 5. The van der Waals surface area contributed by atoms with Crippen LogP contribution in [-0.4, -0.2) is 34.9 Å². The van der Waals surface area contributed by atoms with Crippen LogP contribution in [0.5, 0.6) is 0 Å². The standard InChI is InChI=1S/C20H21F6N3O2S/c21-19(22,23)14-4-2-1-3-13(14)15-27-16(29-28-15)18-8-5-17(6-9-18,7-10-18)11-12-32(30,31)20(24,25)26/h1-4H,5-12H2,(H,27,28,29). The molecule has 3 saturated carbocycles. The molecule has 2 aromatic rings. The van der Waals surface area contributed by atoms with E-state index in [9.17, 15) is 34.8 Å². The highest BCUT2D eigenvalue weighted by Gasteiger charge is 2.53. The average molecular weight is 481 g/mol. The summed E-state index contributed by atoms with van der Waals surface area (Å²) in [5, 5.41) is 6.80. The lowest BCUT2D eigenvalue weighted by Gasteiger charge is -2.52. The van der Waals surface area contributed by atoms with Crippen LogP contribution >= 0.6 is 0 Å². The maximum atomic E-state index is 13.3. The lowest BCUT2D eigenvalue weighted by Crippen LogP contribution is -2.45. The molecule has 0 saturated heterocycles. The third-order valence-corrected chi connectivity index (χ3v) is 8.56. The molecule has 0 atom stereocenters. The van der Waals surface area contributed by atoms with Crippen molar-refractivity contribution in [3.8, 4) is 11.4 Å². The number of fused-ring (bicyclic) bond motifs is 3. The zero-order valence-corrected chi connectivity index (χ0v) is 17.7. The van der Waals surface area contributed by atoms with Crippen molar-refractivity contribution in [2.45, 2.75) is 62.0 Å². The summed E-state index contributed by atoms with van der Waals surface area (Å²) in [6.45, 7) is 0. The molecule has 0 unspecified atom stereocenters. The van der Waals surface area contributed by atoms with E-state index in [4.69, 9.17) is 0 Å². The molecule has 1 aromatic carbocycles. The topological polar surface area (TPSA) is 75.7 Å². The summed E-state index contributed by atoms with van der Waals surface area (Å²) in [5.74, 6) is -0.508. The number of aromatic nitrogens is 3. The highest BCUT2D eigenvalue weighted by Crippen LogP contribution is 2.58. The fraction of sp³-hybridized carbons (Fsp3) is 0.600. The van der Waals surface area contributed by atoms with Crippen molar-refractivity contribution in [2.75, 3.05) is 5.75 Å². The second-order valence-electron chi connectivity index (χ2n) is 8.85. The van der Waals surface area contributed by atoms with Gasteiger partial charge in [0.05, 0.1) is 11.3 Å². The number of nitrogens with zero attached hydrogens (tertiary/aromatic N) is 2. The van der Waals surface area contributed by atoms with E-state index in [1.54, 1.807) is 0 Å². The summed E-state index contributed by atoms with van der Waals surface area (Å²) in [5.41, 5.74) is -7.12. The van der Waals surface area contributed by atoms with Gasteiger partial charge >= 0.3 is 11.7 Å². The van der Waals surface area contributed by atoms with E-state index in [-0.39, 0.29) is 17.8 Å². The molecule has 32 heavy (non-hydrogen) atoms. The summed E-state index contributed by atoms with van der Waals surface area (Å²) >= 11 is 0. The number of sulfone groups is 1. The van der Waals surface area contributed by atoms with Gasteiger partial charge in [-0.1, -0.05) is 18.2 Å². The maximum absolute atomic E-state index is 13.3. The predicted octanol–water partition coefficient (Wildman–Crippen LogP) is 5.41. The Bertz CT molecular complexity index is 1080. The van der Waals surface area contributed by atoms with E-state index < -0.39 is 43.7 Å². The van der Waals surface area contributed by atoms with Crippen LogP contribution in [0.4, 0.5) is 26.3 Å². The molecule has 5 rings (SSSR count). The smallest absolute Gasteiger partial charge is 0.262 e. The lowest BCUT2D eigenvalue weighted by molar-refractivity contribution is -0.137. The van der Waals surface area contributed by atoms with Crippen LogP contribution < -0.4 is 0 Å². The van der Waals surface area contributed by atoms with Gasteiger partial charge in [-0.15, -0.1) is 0 Å². The van der Waals surface area contributed by atoms with Gasteiger partial charge in [0, 0.05) is 11.0 Å². The van der Waals surface area contributed by atoms with Crippen LogP contribution in [0.15, 0.2) is 24.3 Å². The molecule has 2 bridgehead atoms. The SMILES string of the molecule is O=S(=O)(CCC12CCC(c3nc(-c4ccccc4C(F)(F)F)n[nH]3)(CC1)CC2)C(F)(F)F. The van der Waals surface area contributed by atoms with E-state index >= 15 is 0 Å². The minimum atomic E-state index is -5.25. The molecule has 3 aliphatic carbocycles. The highest BCUT2D eigenvalue weighted by molar-refractivity contribution is 7.92. The van der Waals surface area contributed by atoms with Gasteiger partial charge in [-0.3, -0.25) is 5.10 Å². The van der Waals surface area contributed by atoms with E-state index in [0.29, 0.717) is 44.3 Å². The van der Waals surface area contributed by atoms with E-state index in [1.807, 2.05) is 0 Å². The Morgan fingerprint density at radius 1 is 0.938 bits per heavy atom. The molecule has 1 N–H and O–H groups in total. The van der Waals surface area contributed by atoms with Gasteiger partial charge < -0.3 is 0 Å². The normalized spacial score (nSPS) is 26.4. The number of aromatic amines is 1. The van der Waals surface area contributed by atoms with E-state index in [2.05, 4.69) is 15.2 Å². The molecule has 0 radical (unpaired) electrons. The molecule has 176 valence electrons. The van der Waals surface area contributed by atoms with Crippen molar-refractivity contribution in [3.63, 3.8) is 0 Å². The molecule has 5 nitrogen and oxygen atoms in total. The van der Waals surface area contributed by atoms with Crippen LogP contribution in [-0.2, 0) is 21.4 Å². The van der Waals surface area contributed by atoms with Crippen LogP contribution in [0, 0.1) is 5.41 Å². The van der Waals surface area contributed by atoms with Crippen molar-refractivity contribution >= 4 is 9.84 Å². The second kappa shape index (κ2) is 7.46. The van der Waals surface area contributed by atoms with Gasteiger partial charge in [0.15, 0.2) is 5.82 Å². The van der Waals surface area contributed by atoms with Crippen molar-refractivity contribution < 1.29 is 34.8 Å². The molecule has 0 aliphatic heterocycles.